The average Bonchev–Trinajstić information content (AvgIpc) is 4.00. The van der Waals surface area contributed by atoms with Crippen LogP contribution in [-0.4, -0.2) is 88.8 Å². The second-order valence-corrected chi connectivity index (χ2v) is 17.0. The summed E-state index contributed by atoms with van der Waals surface area (Å²) in [6.07, 6.45) is 12.0. The zero-order valence-electron chi connectivity index (χ0n) is 32.4. The Kier molecular flexibility index (Phi) is 10.5. The van der Waals surface area contributed by atoms with Crippen molar-refractivity contribution in [3.8, 4) is 0 Å². The summed E-state index contributed by atoms with van der Waals surface area (Å²) >= 11 is 0. The zero-order valence-corrected chi connectivity index (χ0v) is 32.4. The molecular formula is C41H59N7O5. The van der Waals surface area contributed by atoms with Gasteiger partial charge in [0.1, 0.15) is 11.9 Å². The molecule has 12 heteroatoms. The molecule has 12 nitrogen and oxygen atoms in total. The summed E-state index contributed by atoms with van der Waals surface area (Å²) < 4.78 is 9.71. The van der Waals surface area contributed by atoms with Gasteiger partial charge in [-0.15, -0.1) is 0 Å². The molecule has 4 unspecified atom stereocenters. The van der Waals surface area contributed by atoms with Gasteiger partial charge in [-0.05, 0) is 111 Å². The summed E-state index contributed by atoms with van der Waals surface area (Å²) in [5.74, 6) is 1.23. The molecule has 3 saturated carbocycles. The predicted molar refractivity (Wildman–Crippen MR) is 204 cm³/mol. The van der Waals surface area contributed by atoms with Crippen molar-refractivity contribution in [2.75, 3.05) is 33.9 Å². The molecule has 4 N–H and O–H groups in total. The molecule has 2 saturated heterocycles. The summed E-state index contributed by atoms with van der Waals surface area (Å²) in [5.41, 5.74) is 5.21. The van der Waals surface area contributed by atoms with Crippen LogP contribution in [0.25, 0.3) is 10.9 Å². The van der Waals surface area contributed by atoms with Crippen LogP contribution < -0.4 is 10.6 Å². The number of likely N-dealkylation sites (tertiary alicyclic amines) is 2. The Morgan fingerprint density at radius 1 is 0.849 bits per heavy atom. The fraction of sp³-hybridized carbons (Fsp3) is 0.659. The maximum Gasteiger partial charge on any atom is 0.407 e. The van der Waals surface area contributed by atoms with E-state index in [1.54, 1.807) is 0 Å². The number of hydrogen-bond acceptors (Lipinski definition) is 7. The van der Waals surface area contributed by atoms with Gasteiger partial charge in [-0.25, -0.2) is 14.6 Å². The Hall–Kier alpha value is -4.06. The van der Waals surface area contributed by atoms with Crippen molar-refractivity contribution in [2.45, 2.75) is 127 Å². The zero-order chi connectivity index (χ0) is 37.5. The van der Waals surface area contributed by atoms with E-state index in [9.17, 15) is 14.4 Å². The topological polar surface area (TPSA) is 145 Å². The minimum absolute atomic E-state index is 0.0126. The highest BCUT2D eigenvalue weighted by Crippen LogP contribution is 2.58. The number of rotatable bonds is 11. The Labute approximate surface area is 313 Å². The van der Waals surface area contributed by atoms with Crippen molar-refractivity contribution in [1.82, 2.24) is 35.4 Å². The highest BCUT2D eigenvalue weighted by atomic mass is 16.5. The average molecular weight is 730 g/mol. The van der Waals surface area contributed by atoms with Crippen LogP contribution in [0.1, 0.15) is 127 Å². The molecule has 3 aromatic rings. The van der Waals surface area contributed by atoms with Gasteiger partial charge in [0.15, 0.2) is 0 Å². The summed E-state index contributed by atoms with van der Waals surface area (Å²) in [6, 6.07) is 8.73. The molecule has 2 bridgehead atoms. The normalized spacial score (nSPS) is 27.1. The first-order chi connectivity index (χ1) is 25.5. The van der Waals surface area contributed by atoms with E-state index in [2.05, 4.69) is 69.8 Å². The van der Waals surface area contributed by atoms with E-state index in [-0.39, 0.29) is 46.9 Å². The smallest absolute Gasteiger partial charge is 0.407 e. The first-order valence-corrected chi connectivity index (χ1v) is 19.9. The van der Waals surface area contributed by atoms with Crippen molar-refractivity contribution < 1.29 is 23.9 Å². The molecule has 8 rings (SSSR count). The third kappa shape index (κ3) is 7.15. The Bertz CT molecular complexity index is 1770. The number of benzene rings is 1. The summed E-state index contributed by atoms with van der Waals surface area (Å²) in [4.78, 5) is 54.7. The van der Waals surface area contributed by atoms with Gasteiger partial charge in [-0.2, -0.15) is 0 Å². The van der Waals surface area contributed by atoms with E-state index in [1.165, 1.54) is 30.9 Å². The third-order valence-electron chi connectivity index (χ3n) is 13.4. The lowest BCUT2D eigenvalue weighted by Gasteiger charge is -2.53. The molecule has 288 valence electrons. The first-order valence-electron chi connectivity index (χ1n) is 19.9. The largest absolute Gasteiger partial charge is 0.453 e. The number of hydrogen-bond donors (Lipinski definition) is 4. The lowest BCUT2D eigenvalue weighted by molar-refractivity contribution is -0.135. The number of nitrogens with one attached hydrogen (secondary N) is 4. The van der Waals surface area contributed by atoms with E-state index in [4.69, 9.17) is 14.5 Å². The van der Waals surface area contributed by atoms with Gasteiger partial charge in [0, 0.05) is 47.6 Å². The minimum atomic E-state index is -0.632. The van der Waals surface area contributed by atoms with Crippen LogP contribution in [-0.2, 0) is 25.1 Å². The van der Waals surface area contributed by atoms with Crippen LogP contribution >= 0.6 is 0 Å². The number of imidazole rings is 1. The molecule has 2 aromatic heterocycles. The minimum Gasteiger partial charge on any atom is -0.453 e. The summed E-state index contributed by atoms with van der Waals surface area (Å²) in [6.45, 7) is 10.6. The highest BCUT2D eigenvalue weighted by molar-refractivity contribution is 5.87. The quantitative estimate of drug-likeness (QED) is 0.166. The van der Waals surface area contributed by atoms with Crippen molar-refractivity contribution in [1.29, 1.82) is 0 Å². The monoisotopic (exact) mass is 729 g/mol. The standard InChI is InChI=1S/C41H59N7O5/c1-25(2)31(44-38(50)52-5)24-47-19-7-10-33(47)36-42-23-34(45-36)41-16-13-40(14-17-41,15-18-41)28-12-11-27-21-30(43-29(27)22-28)32-9-8-20-48(32)37(49)35(26(3)4)46-39(51)53-6/h11-12,21-23,25-26,31-33,35,43H,7-10,13-20,24H2,1-6H3,(H,42,45)(H,44,50)(H,46,51). The number of nitrogens with zero attached hydrogens (tertiary/aromatic N) is 3. The lowest BCUT2D eigenvalue weighted by atomic mass is 9.51. The number of methoxy groups -OCH3 is 2. The number of H-pyrrole nitrogens is 2. The van der Waals surface area contributed by atoms with E-state index < -0.39 is 12.1 Å². The predicted octanol–water partition coefficient (Wildman–Crippen LogP) is 7.00. The lowest BCUT2D eigenvalue weighted by Crippen LogP contribution is -2.51. The molecule has 5 fully saturated rings. The second-order valence-electron chi connectivity index (χ2n) is 17.0. The molecule has 4 atom stereocenters. The summed E-state index contributed by atoms with van der Waals surface area (Å²) in [5, 5.41) is 6.96. The van der Waals surface area contributed by atoms with Crippen molar-refractivity contribution >= 4 is 29.0 Å². The number of amides is 3. The molecule has 53 heavy (non-hydrogen) atoms. The van der Waals surface area contributed by atoms with Gasteiger partial charge in [-0.3, -0.25) is 9.69 Å². The Balaban J connectivity index is 1.03. The van der Waals surface area contributed by atoms with Crippen LogP contribution in [0, 0.1) is 11.8 Å². The summed E-state index contributed by atoms with van der Waals surface area (Å²) in [7, 11) is 2.74. The number of aromatic nitrogens is 3. The van der Waals surface area contributed by atoms with Gasteiger partial charge < -0.3 is 35.0 Å². The molecule has 3 amide bonds. The van der Waals surface area contributed by atoms with Gasteiger partial charge in [-0.1, -0.05) is 39.8 Å². The second kappa shape index (κ2) is 15.0. The molecular weight excluding hydrogens is 670 g/mol. The molecule has 0 radical (unpaired) electrons. The van der Waals surface area contributed by atoms with Gasteiger partial charge in [0.2, 0.25) is 5.91 Å². The van der Waals surface area contributed by atoms with Crippen molar-refractivity contribution in [2.24, 2.45) is 11.8 Å². The fourth-order valence-corrected chi connectivity index (χ4v) is 9.93. The van der Waals surface area contributed by atoms with Crippen LogP contribution in [0.15, 0.2) is 30.5 Å². The van der Waals surface area contributed by atoms with Crippen LogP contribution in [0.5, 0.6) is 0 Å². The molecule has 1 aromatic carbocycles. The third-order valence-corrected chi connectivity index (χ3v) is 13.4. The number of ether oxygens (including phenoxy) is 2. The number of carbonyl (C=O) groups is 3. The highest BCUT2D eigenvalue weighted by Gasteiger charge is 2.51. The number of fused-ring (bicyclic) bond motifs is 4. The van der Waals surface area contributed by atoms with Crippen LogP contribution in [0.4, 0.5) is 9.59 Å². The molecule has 4 heterocycles. The number of carbonyl (C=O) groups excluding carboxylic acids is 3. The Morgan fingerprint density at radius 2 is 1.51 bits per heavy atom. The van der Waals surface area contributed by atoms with E-state index in [0.717, 1.165) is 94.3 Å². The molecule has 2 aliphatic heterocycles. The van der Waals surface area contributed by atoms with E-state index in [0.29, 0.717) is 12.5 Å². The first kappa shape index (κ1) is 37.3. The number of aromatic amines is 2. The van der Waals surface area contributed by atoms with Crippen LogP contribution in [0.3, 0.4) is 0 Å². The maximum absolute atomic E-state index is 13.7. The van der Waals surface area contributed by atoms with Crippen LogP contribution in [0.2, 0.25) is 0 Å². The number of alkyl carbamates (subject to hydrolysis) is 2. The van der Waals surface area contributed by atoms with E-state index >= 15 is 0 Å². The molecule has 5 aliphatic rings. The Morgan fingerprint density at radius 3 is 2.19 bits per heavy atom. The maximum atomic E-state index is 13.7. The SMILES string of the molecule is COC(=O)NC(CN1CCCC1c1ncc(C23CCC(c4ccc5cc(C6CCCN6C(=O)C(NC(=O)OC)C(C)C)[nH]c5c4)(CC2)CC3)[nH]1)C(C)C. The fourth-order valence-electron chi connectivity index (χ4n) is 9.93. The van der Waals surface area contributed by atoms with Gasteiger partial charge in [0.05, 0.1) is 26.3 Å². The van der Waals surface area contributed by atoms with Crippen molar-refractivity contribution in [3.63, 3.8) is 0 Å². The van der Waals surface area contributed by atoms with E-state index in [1.807, 2.05) is 18.7 Å². The van der Waals surface area contributed by atoms with Crippen molar-refractivity contribution in [3.05, 3.63) is 53.2 Å². The van der Waals surface area contributed by atoms with Gasteiger partial charge in [0.25, 0.3) is 0 Å². The molecule has 0 spiro atoms. The molecule has 3 aliphatic carbocycles. The van der Waals surface area contributed by atoms with Gasteiger partial charge >= 0.3 is 12.2 Å².